The van der Waals surface area contributed by atoms with Gasteiger partial charge in [-0.25, -0.2) is 37.2 Å². The van der Waals surface area contributed by atoms with E-state index >= 15 is 4.39 Å². The molecule has 1 aliphatic rings. The van der Waals surface area contributed by atoms with E-state index in [1.807, 2.05) is 0 Å². The lowest BCUT2D eigenvalue weighted by molar-refractivity contribution is -0.141. The van der Waals surface area contributed by atoms with Gasteiger partial charge in [-0.2, -0.15) is 18.3 Å². The Hall–Kier alpha value is -3.43. The second-order valence-corrected chi connectivity index (χ2v) is 9.02. The van der Waals surface area contributed by atoms with Gasteiger partial charge in [-0.05, 0) is 25.0 Å². The molecule has 2 atom stereocenters. The molecule has 0 spiro atoms. The molecule has 190 valence electrons. The number of rotatable bonds is 5. The summed E-state index contributed by atoms with van der Waals surface area (Å²) in [5, 5.41) is 11.3. The lowest BCUT2D eigenvalue weighted by atomic mass is 9.95. The first-order chi connectivity index (χ1) is 17.0. The highest BCUT2D eigenvalue weighted by molar-refractivity contribution is 7.14. The Bertz CT molecular complexity index is 1390. The second kappa shape index (κ2) is 8.90. The summed E-state index contributed by atoms with van der Waals surface area (Å²) in [6.07, 6.45) is -7.91. The summed E-state index contributed by atoms with van der Waals surface area (Å²) in [6, 6.07) is 3.32. The van der Waals surface area contributed by atoms with Gasteiger partial charge in [0.1, 0.15) is 22.7 Å². The van der Waals surface area contributed by atoms with Gasteiger partial charge >= 0.3 is 6.18 Å². The van der Waals surface area contributed by atoms with E-state index in [0.717, 1.165) is 23.6 Å². The first-order valence-electron chi connectivity index (χ1n) is 10.5. The average molecular weight is 532 g/mol. The van der Waals surface area contributed by atoms with Gasteiger partial charge in [-0.3, -0.25) is 0 Å². The van der Waals surface area contributed by atoms with E-state index in [4.69, 9.17) is 0 Å². The van der Waals surface area contributed by atoms with Crippen molar-refractivity contribution in [1.29, 1.82) is 0 Å². The number of nitrogens with zero attached hydrogens (tertiary/aromatic N) is 8. The van der Waals surface area contributed by atoms with Gasteiger partial charge in [0.2, 0.25) is 0 Å². The summed E-state index contributed by atoms with van der Waals surface area (Å²) in [7, 11) is 0. The highest BCUT2D eigenvalue weighted by atomic mass is 32.1. The summed E-state index contributed by atoms with van der Waals surface area (Å²) in [5.74, 6) is 0.122. The van der Waals surface area contributed by atoms with Crippen molar-refractivity contribution >= 4 is 28.3 Å². The number of hydrogen-bond donors (Lipinski definition) is 0. The lowest BCUT2D eigenvalue weighted by Crippen LogP contribution is -2.44. The molecule has 1 saturated heterocycles. The van der Waals surface area contributed by atoms with Gasteiger partial charge in [0.15, 0.2) is 21.3 Å². The van der Waals surface area contributed by atoms with Crippen LogP contribution in [-0.2, 0) is 11.8 Å². The maximum absolute atomic E-state index is 16.0. The van der Waals surface area contributed by atoms with Gasteiger partial charge in [0.25, 0.3) is 12.7 Å². The molecule has 16 heteroatoms. The Labute approximate surface area is 201 Å². The molecule has 0 amide bonds. The Morgan fingerprint density at radius 2 is 1.86 bits per heavy atom. The molecule has 0 bridgehead atoms. The third kappa shape index (κ3) is 4.44. The zero-order chi connectivity index (χ0) is 25.7. The van der Waals surface area contributed by atoms with Crippen LogP contribution in [0.4, 0.5) is 36.6 Å². The Morgan fingerprint density at radius 1 is 1.06 bits per heavy atom. The average Bonchev–Trinajstić information content (AvgIpc) is 3.51. The third-order valence-corrected chi connectivity index (χ3v) is 6.69. The normalized spacial score (nSPS) is 19.8. The molecule has 5 heterocycles. The SMILES string of the molecule is FC(F)C(F)n1ncc2ncc(N3CCCC(F)(c4nnc(-c5cccc(C(F)(F)F)n5)s4)C3)nc21. The number of hydrogen-bond acceptors (Lipinski definition) is 8. The van der Waals surface area contributed by atoms with Crippen LogP contribution in [0.1, 0.15) is 29.8 Å². The summed E-state index contributed by atoms with van der Waals surface area (Å²) in [6.45, 7) is 0.0780. The van der Waals surface area contributed by atoms with E-state index in [2.05, 4.69) is 30.2 Å². The van der Waals surface area contributed by atoms with Crippen molar-refractivity contribution in [2.24, 2.45) is 0 Å². The van der Waals surface area contributed by atoms with E-state index in [9.17, 15) is 26.3 Å². The molecular formula is C20H15F7N8S. The van der Waals surface area contributed by atoms with E-state index in [1.54, 1.807) is 0 Å². The van der Waals surface area contributed by atoms with E-state index < -0.39 is 30.3 Å². The first kappa shape index (κ1) is 24.3. The molecule has 4 aromatic heterocycles. The second-order valence-electron chi connectivity index (χ2n) is 8.04. The number of anilines is 1. The summed E-state index contributed by atoms with van der Waals surface area (Å²) >= 11 is 0.785. The van der Waals surface area contributed by atoms with Crippen molar-refractivity contribution < 1.29 is 30.7 Å². The van der Waals surface area contributed by atoms with Crippen LogP contribution in [0.25, 0.3) is 21.9 Å². The molecule has 4 aromatic rings. The maximum atomic E-state index is 16.0. The van der Waals surface area contributed by atoms with Crippen molar-refractivity contribution in [3.05, 3.63) is 41.3 Å². The summed E-state index contributed by atoms with van der Waals surface area (Å²) < 4.78 is 95.1. The minimum Gasteiger partial charge on any atom is -0.352 e. The Morgan fingerprint density at radius 3 is 2.61 bits per heavy atom. The fourth-order valence-electron chi connectivity index (χ4n) is 3.85. The van der Waals surface area contributed by atoms with E-state index in [0.29, 0.717) is 17.6 Å². The van der Waals surface area contributed by atoms with Crippen molar-refractivity contribution in [3.8, 4) is 10.7 Å². The zero-order valence-corrected chi connectivity index (χ0v) is 18.8. The molecule has 5 rings (SSSR count). The molecular weight excluding hydrogens is 517 g/mol. The van der Waals surface area contributed by atoms with Crippen LogP contribution in [0.15, 0.2) is 30.6 Å². The van der Waals surface area contributed by atoms with Crippen LogP contribution in [0, 0.1) is 0 Å². The predicted molar refractivity (Wildman–Crippen MR) is 114 cm³/mol. The molecule has 0 saturated carbocycles. The van der Waals surface area contributed by atoms with Gasteiger partial charge in [0, 0.05) is 6.54 Å². The first-order valence-corrected chi connectivity index (χ1v) is 11.3. The fraction of sp³-hybridized carbons (Fsp3) is 0.400. The molecule has 1 fully saturated rings. The van der Waals surface area contributed by atoms with Crippen LogP contribution < -0.4 is 4.90 Å². The Kier molecular flexibility index (Phi) is 6.00. The zero-order valence-electron chi connectivity index (χ0n) is 18.0. The summed E-state index contributed by atoms with van der Waals surface area (Å²) in [5.41, 5.74) is -3.35. The van der Waals surface area contributed by atoms with Crippen molar-refractivity contribution in [2.45, 2.75) is 37.4 Å². The topological polar surface area (TPSA) is 85.5 Å². The van der Waals surface area contributed by atoms with E-state index in [1.165, 1.54) is 23.2 Å². The molecule has 8 nitrogen and oxygen atoms in total. The number of fused-ring (bicyclic) bond motifs is 1. The quantitative estimate of drug-likeness (QED) is 0.336. The molecule has 0 radical (unpaired) electrons. The molecule has 0 aliphatic carbocycles. The molecule has 1 aliphatic heterocycles. The third-order valence-electron chi connectivity index (χ3n) is 5.57. The largest absolute Gasteiger partial charge is 0.433 e. The van der Waals surface area contributed by atoms with Crippen molar-refractivity contribution in [3.63, 3.8) is 0 Å². The molecule has 0 N–H and O–H groups in total. The van der Waals surface area contributed by atoms with Gasteiger partial charge in [0.05, 0.1) is 18.9 Å². The minimum absolute atomic E-state index is 0.0244. The van der Waals surface area contributed by atoms with Crippen molar-refractivity contribution in [2.75, 3.05) is 18.0 Å². The number of piperidine rings is 1. The number of aromatic nitrogens is 7. The Balaban J connectivity index is 1.42. The van der Waals surface area contributed by atoms with Crippen LogP contribution in [0.5, 0.6) is 0 Å². The minimum atomic E-state index is -4.65. The predicted octanol–water partition coefficient (Wildman–Crippen LogP) is 4.96. The summed E-state index contributed by atoms with van der Waals surface area (Å²) in [4.78, 5) is 13.3. The van der Waals surface area contributed by atoms with Gasteiger partial charge in [-0.15, -0.1) is 10.2 Å². The monoisotopic (exact) mass is 532 g/mol. The standard InChI is InChI=1S/C20H15F7N8S/c21-14(22)15(23)35-16-11(7-29-35)28-8-13(31-16)34-6-2-5-19(24,9-34)18-33-32-17(36-18)10-3-1-4-12(30-10)20(25,26)27/h1,3-4,7-8,14-15H,2,5-6,9H2. The number of alkyl halides is 7. The van der Waals surface area contributed by atoms with Gasteiger partial charge < -0.3 is 4.90 Å². The number of pyridine rings is 1. The lowest BCUT2D eigenvalue weighted by Gasteiger charge is -2.36. The van der Waals surface area contributed by atoms with Gasteiger partial charge in [-0.1, -0.05) is 17.4 Å². The van der Waals surface area contributed by atoms with Crippen LogP contribution in [-0.4, -0.2) is 54.4 Å². The van der Waals surface area contributed by atoms with E-state index in [-0.39, 0.29) is 45.7 Å². The highest BCUT2D eigenvalue weighted by Crippen LogP contribution is 2.40. The fourth-order valence-corrected chi connectivity index (χ4v) is 4.77. The highest BCUT2D eigenvalue weighted by Gasteiger charge is 2.42. The molecule has 36 heavy (non-hydrogen) atoms. The molecule has 2 unspecified atom stereocenters. The molecule has 0 aromatic carbocycles. The maximum Gasteiger partial charge on any atom is 0.433 e. The van der Waals surface area contributed by atoms with Crippen molar-refractivity contribution in [1.82, 2.24) is 34.9 Å². The number of halogens is 7. The van der Waals surface area contributed by atoms with Crippen LogP contribution >= 0.6 is 11.3 Å². The van der Waals surface area contributed by atoms with Crippen LogP contribution in [0.3, 0.4) is 0 Å². The van der Waals surface area contributed by atoms with Crippen LogP contribution in [0.2, 0.25) is 0 Å². The smallest absolute Gasteiger partial charge is 0.352 e.